The average molecular weight is 521 g/mol. The van der Waals surface area contributed by atoms with Crippen molar-refractivity contribution < 1.29 is 8.83 Å². The first-order valence-corrected chi connectivity index (χ1v) is 13.3. The Bertz CT molecular complexity index is 2170. The molecular weight excluding hydrogens is 500 g/mol. The largest absolute Gasteiger partial charge is 0.456 e. The standard InChI is InChI=1S/C36H21ClO2/c37-28-13-7-17-32-36(28)35-27(12-6-16-31(35)39-32)26-11-5-15-30-34(26)33-25(10-4-14-29(33)38-30)24-20-18-23(19-21-24)22-8-2-1-3-9-22/h1-21H. The van der Waals surface area contributed by atoms with Crippen LogP contribution in [-0.2, 0) is 0 Å². The summed E-state index contributed by atoms with van der Waals surface area (Å²) in [5, 5.41) is 4.83. The molecule has 0 saturated heterocycles. The second kappa shape index (κ2) is 8.62. The molecular formula is C36H21ClO2. The first kappa shape index (κ1) is 22.2. The second-order valence-electron chi connectivity index (χ2n) is 9.80. The third kappa shape index (κ3) is 3.42. The lowest BCUT2D eigenvalue weighted by Crippen LogP contribution is -1.84. The van der Waals surface area contributed by atoms with E-state index in [0.29, 0.717) is 5.02 Å². The number of hydrogen-bond acceptors (Lipinski definition) is 2. The lowest BCUT2D eigenvalue weighted by atomic mass is 9.92. The molecule has 0 aliphatic carbocycles. The molecule has 0 aliphatic heterocycles. The van der Waals surface area contributed by atoms with Crippen LogP contribution in [0.5, 0.6) is 0 Å². The molecule has 6 aromatic carbocycles. The van der Waals surface area contributed by atoms with Gasteiger partial charge in [-0.2, -0.15) is 0 Å². The molecule has 2 aromatic heterocycles. The van der Waals surface area contributed by atoms with Crippen LogP contribution in [0.2, 0.25) is 5.02 Å². The zero-order valence-corrected chi connectivity index (χ0v) is 21.6. The molecule has 0 N–H and O–H groups in total. The lowest BCUT2D eigenvalue weighted by Gasteiger charge is -2.09. The molecule has 0 radical (unpaired) electrons. The Kier molecular flexibility index (Phi) is 4.91. The molecule has 8 aromatic rings. The molecule has 0 unspecified atom stereocenters. The van der Waals surface area contributed by atoms with Crippen LogP contribution in [-0.4, -0.2) is 0 Å². The molecule has 0 aliphatic rings. The Morgan fingerprint density at radius 2 is 0.769 bits per heavy atom. The predicted molar refractivity (Wildman–Crippen MR) is 162 cm³/mol. The van der Waals surface area contributed by atoms with Gasteiger partial charge in [0.25, 0.3) is 0 Å². The van der Waals surface area contributed by atoms with Gasteiger partial charge >= 0.3 is 0 Å². The van der Waals surface area contributed by atoms with E-state index in [0.717, 1.165) is 66.1 Å². The molecule has 0 fully saturated rings. The molecule has 0 bridgehead atoms. The number of rotatable bonds is 3. The molecule has 0 amide bonds. The summed E-state index contributed by atoms with van der Waals surface area (Å²) in [6.45, 7) is 0. The Balaban J connectivity index is 1.40. The number of benzene rings is 6. The minimum Gasteiger partial charge on any atom is -0.456 e. The Morgan fingerprint density at radius 1 is 0.333 bits per heavy atom. The van der Waals surface area contributed by atoms with E-state index in [2.05, 4.69) is 78.9 Å². The molecule has 39 heavy (non-hydrogen) atoms. The SMILES string of the molecule is Clc1cccc2oc3cccc(-c4cccc5oc6cccc(-c7ccc(-c8ccccc8)cc7)c6c45)c3c12. The van der Waals surface area contributed by atoms with Crippen LogP contribution < -0.4 is 0 Å². The summed E-state index contributed by atoms with van der Waals surface area (Å²) in [6.07, 6.45) is 0. The summed E-state index contributed by atoms with van der Waals surface area (Å²) in [6, 6.07) is 43.8. The maximum atomic E-state index is 6.71. The van der Waals surface area contributed by atoms with Gasteiger partial charge in [-0.25, -0.2) is 0 Å². The average Bonchev–Trinajstić information content (AvgIpc) is 3.57. The van der Waals surface area contributed by atoms with Gasteiger partial charge < -0.3 is 8.83 Å². The summed E-state index contributed by atoms with van der Waals surface area (Å²) in [7, 11) is 0. The normalized spacial score (nSPS) is 11.7. The van der Waals surface area contributed by atoms with Gasteiger partial charge in [-0.1, -0.05) is 109 Å². The van der Waals surface area contributed by atoms with Crippen LogP contribution in [0.15, 0.2) is 136 Å². The van der Waals surface area contributed by atoms with E-state index in [1.54, 1.807) is 0 Å². The fourth-order valence-electron chi connectivity index (χ4n) is 5.85. The van der Waals surface area contributed by atoms with Crippen molar-refractivity contribution in [2.24, 2.45) is 0 Å². The smallest absolute Gasteiger partial charge is 0.136 e. The van der Waals surface area contributed by atoms with E-state index < -0.39 is 0 Å². The van der Waals surface area contributed by atoms with Crippen molar-refractivity contribution in [3.63, 3.8) is 0 Å². The van der Waals surface area contributed by atoms with Crippen LogP contribution in [0.4, 0.5) is 0 Å². The number of furan rings is 2. The Hall–Kier alpha value is -4.79. The highest BCUT2D eigenvalue weighted by Crippen LogP contribution is 2.45. The summed E-state index contributed by atoms with van der Waals surface area (Å²) in [5.41, 5.74) is 10.2. The van der Waals surface area contributed by atoms with E-state index >= 15 is 0 Å². The third-order valence-corrected chi connectivity index (χ3v) is 7.90. The fourth-order valence-corrected chi connectivity index (χ4v) is 6.11. The summed E-state index contributed by atoms with van der Waals surface area (Å²) in [5.74, 6) is 0. The van der Waals surface area contributed by atoms with Gasteiger partial charge in [0.15, 0.2) is 0 Å². The van der Waals surface area contributed by atoms with Crippen molar-refractivity contribution in [1.29, 1.82) is 0 Å². The molecule has 0 atom stereocenters. The first-order valence-electron chi connectivity index (χ1n) is 13.0. The maximum Gasteiger partial charge on any atom is 0.136 e. The van der Waals surface area contributed by atoms with Gasteiger partial charge in [-0.15, -0.1) is 0 Å². The molecule has 2 heterocycles. The van der Waals surface area contributed by atoms with E-state index in [-0.39, 0.29) is 0 Å². The van der Waals surface area contributed by atoms with Crippen LogP contribution in [0, 0.1) is 0 Å². The van der Waals surface area contributed by atoms with Crippen molar-refractivity contribution in [1.82, 2.24) is 0 Å². The molecule has 3 heteroatoms. The van der Waals surface area contributed by atoms with Crippen molar-refractivity contribution >= 4 is 55.5 Å². The highest BCUT2D eigenvalue weighted by Gasteiger charge is 2.20. The van der Waals surface area contributed by atoms with E-state index in [1.165, 1.54) is 11.1 Å². The van der Waals surface area contributed by atoms with Gasteiger partial charge in [0.1, 0.15) is 22.3 Å². The van der Waals surface area contributed by atoms with Crippen LogP contribution in [0.25, 0.3) is 77.3 Å². The molecule has 0 saturated carbocycles. The molecule has 8 rings (SSSR count). The number of halogens is 1. The Labute approximate surface area is 229 Å². The predicted octanol–water partition coefficient (Wildman–Crippen LogP) is 11.1. The maximum absolute atomic E-state index is 6.71. The van der Waals surface area contributed by atoms with Gasteiger partial charge in [-0.3, -0.25) is 0 Å². The Morgan fingerprint density at radius 3 is 1.38 bits per heavy atom. The number of hydrogen-bond donors (Lipinski definition) is 0. The zero-order valence-electron chi connectivity index (χ0n) is 20.8. The fraction of sp³-hybridized carbons (Fsp3) is 0. The summed E-state index contributed by atoms with van der Waals surface area (Å²) in [4.78, 5) is 0. The minimum atomic E-state index is 0.683. The van der Waals surface area contributed by atoms with E-state index in [9.17, 15) is 0 Å². The zero-order chi connectivity index (χ0) is 25.9. The highest BCUT2D eigenvalue weighted by atomic mass is 35.5. The topological polar surface area (TPSA) is 26.3 Å². The quantitative estimate of drug-likeness (QED) is 0.231. The molecule has 2 nitrogen and oxygen atoms in total. The van der Waals surface area contributed by atoms with E-state index in [1.807, 2.05) is 48.5 Å². The number of fused-ring (bicyclic) bond motifs is 6. The molecule has 184 valence electrons. The van der Waals surface area contributed by atoms with Gasteiger partial charge in [0.2, 0.25) is 0 Å². The van der Waals surface area contributed by atoms with Gasteiger partial charge in [-0.05, 0) is 63.7 Å². The monoisotopic (exact) mass is 520 g/mol. The summed E-state index contributed by atoms with van der Waals surface area (Å²) < 4.78 is 12.6. The van der Waals surface area contributed by atoms with Crippen LogP contribution in [0.3, 0.4) is 0 Å². The third-order valence-electron chi connectivity index (χ3n) is 7.59. The molecule has 0 spiro atoms. The lowest BCUT2D eigenvalue weighted by molar-refractivity contribution is 0.668. The summed E-state index contributed by atoms with van der Waals surface area (Å²) >= 11 is 6.71. The second-order valence-corrected chi connectivity index (χ2v) is 10.2. The van der Waals surface area contributed by atoms with Gasteiger partial charge in [0, 0.05) is 21.5 Å². The minimum absolute atomic E-state index is 0.683. The van der Waals surface area contributed by atoms with Crippen molar-refractivity contribution in [2.45, 2.75) is 0 Å². The van der Waals surface area contributed by atoms with E-state index in [4.69, 9.17) is 20.4 Å². The van der Waals surface area contributed by atoms with Crippen molar-refractivity contribution in [3.05, 3.63) is 132 Å². The van der Waals surface area contributed by atoms with Crippen LogP contribution >= 0.6 is 11.6 Å². The van der Waals surface area contributed by atoms with Crippen molar-refractivity contribution in [2.75, 3.05) is 0 Å². The van der Waals surface area contributed by atoms with Gasteiger partial charge in [0.05, 0.1) is 5.02 Å². The van der Waals surface area contributed by atoms with Crippen LogP contribution in [0.1, 0.15) is 0 Å². The highest BCUT2D eigenvalue weighted by molar-refractivity contribution is 6.38. The van der Waals surface area contributed by atoms with Crippen molar-refractivity contribution in [3.8, 4) is 33.4 Å². The first-order chi connectivity index (χ1) is 19.3.